The summed E-state index contributed by atoms with van der Waals surface area (Å²) in [6.45, 7) is 1.23. The van der Waals surface area contributed by atoms with Gasteiger partial charge in [0.25, 0.3) is 5.91 Å². The van der Waals surface area contributed by atoms with E-state index in [0.717, 1.165) is 0 Å². The number of rotatable bonds is 23. The molecule has 198 valence electrons. The van der Waals surface area contributed by atoms with Gasteiger partial charge < -0.3 is 39.8 Å². The van der Waals surface area contributed by atoms with Crippen LogP contribution in [0, 0.1) is 0 Å². The Balaban J connectivity index is 3.45. The lowest BCUT2D eigenvalue weighted by molar-refractivity contribution is -0.140. The van der Waals surface area contributed by atoms with E-state index in [1.165, 1.54) is 7.11 Å². The summed E-state index contributed by atoms with van der Waals surface area (Å²) in [5.41, 5.74) is 2.11. The Bertz CT molecular complexity index is 580. The van der Waals surface area contributed by atoms with Crippen molar-refractivity contribution in [2.45, 2.75) is 18.9 Å². The number of carboxylic acids is 1. The van der Waals surface area contributed by atoms with Crippen LogP contribution in [0.5, 0.6) is 0 Å². The Morgan fingerprint density at radius 2 is 1.29 bits per heavy atom. The highest BCUT2D eigenvalue weighted by molar-refractivity contribution is 5.78. The molecule has 0 fully saturated rings. The molecule has 0 aromatic heterocycles. The van der Waals surface area contributed by atoms with Crippen molar-refractivity contribution in [3.63, 3.8) is 0 Å². The lowest BCUT2D eigenvalue weighted by Crippen LogP contribution is -2.38. The predicted molar refractivity (Wildman–Crippen MR) is 115 cm³/mol. The van der Waals surface area contributed by atoms with E-state index >= 15 is 0 Å². The zero-order chi connectivity index (χ0) is 25.4. The minimum absolute atomic E-state index is 0.00535. The molecule has 0 aliphatic carbocycles. The molecule has 0 aliphatic heterocycles. The highest BCUT2D eigenvalue weighted by atomic mass is 16.6. The summed E-state index contributed by atoms with van der Waals surface area (Å²) in [5.74, 6) is -2.17. The average Bonchev–Trinajstić information content (AvgIpc) is 2.80. The van der Waals surface area contributed by atoms with Crippen LogP contribution >= 0.6 is 0 Å². The number of carbonyl (C=O) groups excluding carboxylic acids is 3. The fraction of sp³-hybridized carbons (Fsp3) is 0.789. The molecule has 1 atom stereocenters. The van der Waals surface area contributed by atoms with Gasteiger partial charge in [-0.25, -0.2) is 5.48 Å². The molecule has 0 spiro atoms. The summed E-state index contributed by atoms with van der Waals surface area (Å²) in [7, 11) is 1.32. The smallest absolute Gasteiger partial charge is 0.320 e. The summed E-state index contributed by atoms with van der Waals surface area (Å²) in [6.07, 6.45) is 0.0447. The maximum atomic E-state index is 11.7. The molecular formula is C19H36N4O11. The molecule has 34 heavy (non-hydrogen) atoms. The standard InChI is InChI=1S/C19H36N4O11/c1-30-23-18(27)13-34-11-9-32-7-5-21-17(26)12-33-10-8-31-6-4-20-16(25)3-2-15(19(28)29)22-14-24/h15,22,24H,2-14H2,1H3,(H,20,25)(H,21,26)(H,23,27)(H,28,29)/t15-/m0/s1. The number of hydrogen-bond donors (Lipinski definition) is 6. The molecule has 3 amide bonds. The normalized spacial score (nSPS) is 11.6. The van der Waals surface area contributed by atoms with Crippen LogP contribution in [0.3, 0.4) is 0 Å². The lowest BCUT2D eigenvalue weighted by atomic mass is 10.1. The van der Waals surface area contributed by atoms with Crippen molar-refractivity contribution in [1.29, 1.82) is 0 Å². The van der Waals surface area contributed by atoms with E-state index in [-0.39, 0.29) is 84.1 Å². The molecule has 6 N–H and O–H groups in total. The maximum absolute atomic E-state index is 11.7. The number of carboxylic acid groups (broad SMARTS) is 1. The van der Waals surface area contributed by atoms with Gasteiger partial charge in [-0.2, -0.15) is 0 Å². The Hall–Kier alpha value is -2.40. The van der Waals surface area contributed by atoms with Crippen molar-refractivity contribution in [3.8, 4) is 0 Å². The van der Waals surface area contributed by atoms with Crippen molar-refractivity contribution < 1.29 is 53.2 Å². The summed E-state index contributed by atoms with van der Waals surface area (Å²) >= 11 is 0. The first-order chi connectivity index (χ1) is 16.4. The van der Waals surface area contributed by atoms with Crippen LogP contribution in [0.15, 0.2) is 0 Å². The van der Waals surface area contributed by atoms with Crippen LogP contribution < -0.4 is 21.4 Å². The van der Waals surface area contributed by atoms with Crippen LogP contribution in [0.1, 0.15) is 12.8 Å². The number of aliphatic hydroxyl groups is 1. The second-order valence-corrected chi connectivity index (χ2v) is 6.55. The molecule has 0 saturated heterocycles. The van der Waals surface area contributed by atoms with Crippen molar-refractivity contribution in [2.24, 2.45) is 0 Å². The number of hydrogen-bond acceptors (Lipinski definition) is 11. The molecule has 0 saturated carbocycles. The SMILES string of the molecule is CONC(=O)COCCOCCNC(=O)COCCOCCNC(=O)CC[C@H](NCO)C(=O)O. The molecule has 0 unspecified atom stereocenters. The molecule has 0 heterocycles. The predicted octanol–water partition coefficient (Wildman–Crippen LogP) is -3.26. The largest absolute Gasteiger partial charge is 0.480 e. The number of carbonyl (C=O) groups is 4. The van der Waals surface area contributed by atoms with E-state index in [2.05, 4.69) is 26.3 Å². The first-order valence-electron chi connectivity index (χ1n) is 10.6. The molecule has 0 radical (unpaired) electrons. The number of amides is 3. The van der Waals surface area contributed by atoms with E-state index in [0.29, 0.717) is 6.54 Å². The van der Waals surface area contributed by atoms with Crippen LogP contribution in [-0.4, -0.2) is 120 Å². The summed E-state index contributed by atoms with van der Waals surface area (Å²) in [6, 6.07) is -0.990. The number of ether oxygens (including phenoxy) is 4. The first-order valence-corrected chi connectivity index (χ1v) is 10.6. The van der Waals surface area contributed by atoms with E-state index < -0.39 is 24.6 Å². The average molecular weight is 497 g/mol. The highest BCUT2D eigenvalue weighted by Gasteiger charge is 2.17. The van der Waals surface area contributed by atoms with E-state index in [1.807, 2.05) is 0 Å². The minimum Gasteiger partial charge on any atom is -0.480 e. The van der Waals surface area contributed by atoms with Crippen molar-refractivity contribution in [2.75, 3.05) is 79.8 Å². The zero-order valence-electron chi connectivity index (χ0n) is 19.3. The van der Waals surface area contributed by atoms with Gasteiger partial charge in [-0.15, -0.1) is 0 Å². The molecule has 0 aliphatic rings. The molecule has 0 bridgehead atoms. The second-order valence-electron chi connectivity index (χ2n) is 6.55. The molecule has 0 aromatic rings. The van der Waals surface area contributed by atoms with E-state index in [9.17, 15) is 19.2 Å². The summed E-state index contributed by atoms with van der Waals surface area (Å²) in [4.78, 5) is 49.6. The Morgan fingerprint density at radius 1 is 0.765 bits per heavy atom. The van der Waals surface area contributed by atoms with Crippen molar-refractivity contribution >= 4 is 23.7 Å². The number of hydroxylamine groups is 1. The first kappa shape index (κ1) is 31.6. The van der Waals surface area contributed by atoms with Crippen molar-refractivity contribution in [3.05, 3.63) is 0 Å². The fourth-order valence-corrected chi connectivity index (χ4v) is 2.28. The van der Waals surface area contributed by atoms with E-state index in [4.69, 9.17) is 29.2 Å². The molecular weight excluding hydrogens is 460 g/mol. The zero-order valence-corrected chi connectivity index (χ0v) is 19.3. The van der Waals surface area contributed by atoms with Gasteiger partial charge >= 0.3 is 5.97 Å². The van der Waals surface area contributed by atoms with Crippen molar-refractivity contribution in [1.82, 2.24) is 21.4 Å². The fourth-order valence-electron chi connectivity index (χ4n) is 2.28. The third-order valence-corrected chi connectivity index (χ3v) is 3.86. The topological polar surface area (TPSA) is 203 Å². The van der Waals surface area contributed by atoms with Gasteiger partial charge in [0, 0.05) is 19.5 Å². The van der Waals surface area contributed by atoms with Gasteiger partial charge in [-0.1, -0.05) is 0 Å². The molecule has 15 nitrogen and oxygen atoms in total. The van der Waals surface area contributed by atoms with Gasteiger partial charge in [0.15, 0.2) is 0 Å². The number of aliphatic hydroxyl groups excluding tert-OH is 1. The molecule has 0 aromatic carbocycles. The quantitative estimate of drug-likeness (QED) is 0.0469. The molecule has 0 rings (SSSR count). The van der Waals surface area contributed by atoms with Crippen LogP contribution in [0.4, 0.5) is 0 Å². The third-order valence-electron chi connectivity index (χ3n) is 3.86. The van der Waals surface area contributed by atoms with Gasteiger partial charge in [0.2, 0.25) is 11.8 Å². The Kier molecular flexibility index (Phi) is 20.8. The monoisotopic (exact) mass is 496 g/mol. The Labute approximate surface area is 197 Å². The highest BCUT2D eigenvalue weighted by Crippen LogP contribution is 1.97. The van der Waals surface area contributed by atoms with Gasteiger partial charge in [-0.05, 0) is 6.42 Å². The summed E-state index contributed by atoms with van der Waals surface area (Å²) in [5, 5.41) is 25.2. The third kappa shape index (κ3) is 20.2. The summed E-state index contributed by atoms with van der Waals surface area (Å²) < 4.78 is 20.7. The second kappa shape index (κ2) is 22.4. The molecule has 15 heteroatoms. The Morgan fingerprint density at radius 3 is 1.82 bits per heavy atom. The van der Waals surface area contributed by atoms with E-state index in [1.54, 1.807) is 0 Å². The van der Waals surface area contributed by atoms with Crippen LogP contribution in [-0.2, 0) is 43.0 Å². The van der Waals surface area contributed by atoms with Gasteiger partial charge in [-0.3, -0.25) is 29.3 Å². The maximum Gasteiger partial charge on any atom is 0.320 e. The number of nitrogens with one attached hydrogen (secondary N) is 4. The van der Waals surface area contributed by atoms with Gasteiger partial charge in [0.05, 0.1) is 53.5 Å². The van der Waals surface area contributed by atoms with Crippen LogP contribution in [0.2, 0.25) is 0 Å². The van der Waals surface area contributed by atoms with Gasteiger partial charge in [0.1, 0.15) is 19.3 Å². The number of aliphatic carboxylic acids is 1. The van der Waals surface area contributed by atoms with Crippen LogP contribution in [0.25, 0.3) is 0 Å². The minimum atomic E-state index is -1.14. The lowest BCUT2D eigenvalue weighted by Gasteiger charge is -2.12.